The van der Waals surface area contributed by atoms with Crippen LogP contribution in [-0.2, 0) is 24.7 Å². The lowest BCUT2D eigenvalue weighted by Gasteiger charge is -2.37. The molecule has 0 radical (unpaired) electrons. The predicted molar refractivity (Wildman–Crippen MR) is 148 cm³/mol. The number of nitrogens with one attached hydrogen (secondary N) is 1. The van der Waals surface area contributed by atoms with Crippen LogP contribution in [0.15, 0.2) is 78.9 Å². The zero-order chi connectivity index (χ0) is 28.5. The Morgan fingerprint density at radius 3 is 1.93 bits per heavy atom. The predicted octanol–water partition coefficient (Wildman–Crippen LogP) is 4.27. The first-order chi connectivity index (χ1) is 19.4. The monoisotopic (exact) mass is 550 g/mol. The molecule has 0 bridgehead atoms. The number of rotatable bonds is 12. The smallest absolute Gasteiger partial charge is 0.306 e. The Morgan fingerprint density at radius 2 is 1.40 bits per heavy atom. The van der Waals surface area contributed by atoms with Gasteiger partial charge < -0.3 is 23.8 Å². The number of carbonyl (C=O) groups is 2. The molecule has 3 aromatic carbocycles. The second-order valence-electron chi connectivity index (χ2n) is 9.84. The molecule has 2 unspecified atom stereocenters. The molecular formula is C31H35FN2O6. The van der Waals surface area contributed by atoms with Crippen LogP contribution in [0.4, 0.5) is 4.48 Å². The third-order valence-electron chi connectivity index (χ3n) is 7.20. The Balaban J connectivity index is 1.68. The van der Waals surface area contributed by atoms with Crippen LogP contribution in [0.5, 0.6) is 11.5 Å². The fraction of sp³-hybridized carbons (Fsp3) is 0.355. The van der Waals surface area contributed by atoms with Gasteiger partial charge in [-0.25, -0.2) is 0 Å². The van der Waals surface area contributed by atoms with Gasteiger partial charge in [0.25, 0.3) is 0 Å². The highest BCUT2D eigenvalue weighted by atomic mass is 19.2. The van der Waals surface area contributed by atoms with E-state index in [9.17, 15) is 14.1 Å². The molecule has 1 amide bonds. The van der Waals surface area contributed by atoms with Crippen LogP contribution in [0.25, 0.3) is 0 Å². The SMILES string of the molecule is COc1ccc(C(OCC2CN(C)CC2OC(=O)CCC(=O)NF)(c2ccccc2)c2ccc(OC)cc2)cc1. The van der Waals surface area contributed by atoms with Crippen LogP contribution in [0.3, 0.4) is 0 Å². The van der Waals surface area contributed by atoms with Crippen molar-refractivity contribution < 1.29 is 33.0 Å². The van der Waals surface area contributed by atoms with E-state index in [0.29, 0.717) is 13.1 Å². The number of hydrogen-bond donors (Lipinski definition) is 1. The number of halogens is 1. The van der Waals surface area contributed by atoms with Crippen molar-refractivity contribution in [1.29, 1.82) is 0 Å². The van der Waals surface area contributed by atoms with Gasteiger partial charge in [0, 0.05) is 25.4 Å². The van der Waals surface area contributed by atoms with E-state index in [1.807, 2.05) is 85.9 Å². The lowest BCUT2D eigenvalue weighted by atomic mass is 9.80. The molecule has 0 spiro atoms. The summed E-state index contributed by atoms with van der Waals surface area (Å²) in [5.41, 5.74) is 2.79. The van der Waals surface area contributed by atoms with E-state index in [-0.39, 0.29) is 25.4 Å². The molecule has 212 valence electrons. The van der Waals surface area contributed by atoms with Gasteiger partial charge in [0.1, 0.15) is 23.2 Å². The van der Waals surface area contributed by atoms with Crippen LogP contribution >= 0.6 is 0 Å². The molecule has 4 rings (SSSR count). The van der Waals surface area contributed by atoms with Crippen molar-refractivity contribution in [2.75, 3.05) is 41.0 Å². The van der Waals surface area contributed by atoms with Crippen molar-refractivity contribution in [2.24, 2.45) is 5.92 Å². The third kappa shape index (κ3) is 6.60. The largest absolute Gasteiger partial charge is 0.497 e. The van der Waals surface area contributed by atoms with Gasteiger partial charge in [-0.2, -0.15) is 5.54 Å². The van der Waals surface area contributed by atoms with E-state index in [2.05, 4.69) is 4.90 Å². The summed E-state index contributed by atoms with van der Waals surface area (Å²) >= 11 is 0. The van der Waals surface area contributed by atoms with E-state index >= 15 is 0 Å². The molecule has 1 aliphatic rings. The molecule has 1 aliphatic heterocycles. The van der Waals surface area contributed by atoms with Gasteiger partial charge >= 0.3 is 5.97 Å². The van der Waals surface area contributed by atoms with Gasteiger partial charge in [0.15, 0.2) is 0 Å². The molecule has 0 aromatic heterocycles. The van der Waals surface area contributed by atoms with Crippen molar-refractivity contribution in [3.05, 3.63) is 95.6 Å². The van der Waals surface area contributed by atoms with Crippen molar-refractivity contribution in [2.45, 2.75) is 24.5 Å². The van der Waals surface area contributed by atoms with Crippen LogP contribution in [-0.4, -0.2) is 63.8 Å². The minimum absolute atomic E-state index is 0.136. The highest BCUT2D eigenvalue weighted by molar-refractivity contribution is 5.80. The highest BCUT2D eigenvalue weighted by Crippen LogP contribution is 2.42. The van der Waals surface area contributed by atoms with Crippen LogP contribution in [0.1, 0.15) is 29.5 Å². The van der Waals surface area contributed by atoms with Gasteiger partial charge in [-0.05, 0) is 48.0 Å². The summed E-state index contributed by atoms with van der Waals surface area (Å²) < 4.78 is 35.8. The topological polar surface area (TPSA) is 86.3 Å². The first-order valence-electron chi connectivity index (χ1n) is 13.2. The maximum Gasteiger partial charge on any atom is 0.306 e. The minimum atomic E-state index is -0.991. The molecule has 1 fully saturated rings. The fourth-order valence-corrected chi connectivity index (χ4v) is 5.14. The Hall–Kier alpha value is -3.95. The zero-order valence-electron chi connectivity index (χ0n) is 23.0. The lowest BCUT2D eigenvalue weighted by Crippen LogP contribution is -2.37. The third-order valence-corrected chi connectivity index (χ3v) is 7.20. The number of nitrogens with zero attached hydrogens (tertiary/aromatic N) is 1. The van der Waals surface area contributed by atoms with E-state index in [0.717, 1.165) is 33.7 Å². The molecular weight excluding hydrogens is 515 g/mol. The molecule has 1 heterocycles. The van der Waals surface area contributed by atoms with Gasteiger partial charge in [-0.1, -0.05) is 54.6 Å². The maximum absolute atomic E-state index is 12.5. The van der Waals surface area contributed by atoms with E-state index in [1.165, 1.54) is 0 Å². The summed E-state index contributed by atoms with van der Waals surface area (Å²) in [6.45, 7) is 1.46. The number of benzene rings is 3. The van der Waals surface area contributed by atoms with E-state index in [1.54, 1.807) is 14.2 Å². The minimum Gasteiger partial charge on any atom is -0.497 e. The molecule has 0 aliphatic carbocycles. The molecule has 40 heavy (non-hydrogen) atoms. The standard InChI is InChI=1S/C31H35FN2O6/c1-34-19-22(28(20-34)40-30(36)18-17-29(35)33-32)21-39-31(23-7-5-4-6-8-23,24-9-13-26(37-2)14-10-24)25-11-15-27(38-3)16-12-25/h4-16,22,28H,17-21H2,1-3H3,(H,33,35). The van der Waals surface area contributed by atoms with Crippen LogP contribution in [0.2, 0.25) is 0 Å². The van der Waals surface area contributed by atoms with E-state index in [4.69, 9.17) is 18.9 Å². The number of amides is 1. The Bertz CT molecular complexity index is 1210. The van der Waals surface area contributed by atoms with Crippen molar-refractivity contribution in [3.8, 4) is 11.5 Å². The van der Waals surface area contributed by atoms with Gasteiger partial charge in [0.05, 0.1) is 27.2 Å². The average Bonchev–Trinajstić information content (AvgIpc) is 3.35. The summed E-state index contributed by atoms with van der Waals surface area (Å²) in [4.78, 5) is 25.8. The Morgan fingerprint density at radius 1 is 0.850 bits per heavy atom. The number of carbonyl (C=O) groups excluding carboxylic acids is 2. The number of hydrogen-bond acceptors (Lipinski definition) is 7. The second-order valence-corrected chi connectivity index (χ2v) is 9.84. The number of ether oxygens (including phenoxy) is 4. The normalized spacial score (nSPS) is 17.3. The van der Waals surface area contributed by atoms with Gasteiger partial charge in [0.2, 0.25) is 5.91 Å². The lowest BCUT2D eigenvalue weighted by molar-refractivity contribution is -0.153. The number of esters is 1. The molecule has 3 aromatic rings. The first kappa shape index (κ1) is 29.0. The fourth-order valence-electron chi connectivity index (χ4n) is 5.14. The quantitative estimate of drug-likeness (QED) is 0.205. The summed E-state index contributed by atoms with van der Waals surface area (Å²) in [7, 11) is 5.21. The Kier molecular flexibility index (Phi) is 9.74. The molecule has 9 heteroatoms. The van der Waals surface area contributed by atoms with Crippen LogP contribution in [0, 0.1) is 5.92 Å². The number of likely N-dealkylation sites (N-methyl/N-ethyl adjacent to an activating group) is 1. The summed E-state index contributed by atoms with van der Waals surface area (Å²) in [5, 5.41) is 0. The van der Waals surface area contributed by atoms with Crippen molar-refractivity contribution >= 4 is 11.9 Å². The molecule has 0 saturated carbocycles. The van der Waals surface area contributed by atoms with Crippen molar-refractivity contribution in [1.82, 2.24) is 10.4 Å². The number of methoxy groups -OCH3 is 2. The van der Waals surface area contributed by atoms with Gasteiger partial charge in [-0.15, -0.1) is 4.48 Å². The summed E-state index contributed by atoms with van der Waals surface area (Å²) in [6.07, 6.45) is -0.911. The zero-order valence-corrected chi connectivity index (χ0v) is 23.0. The van der Waals surface area contributed by atoms with E-state index < -0.39 is 23.6 Å². The second kappa shape index (κ2) is 13.4. The van der Waals surface area contributed by atoms with Crippen molar-refractivity contribution in [3.63, 3.8) is 0 Å². The van der Waals surface area contributed by atoms with Crippen LogP contribution < -0.4 is 15.0 Å². The highest BCUT2D eigenvalue weighted by Gasteiger charge is 2.41. The molecule has 1 saturated heterocycles. The molecule has 2 atom stereocenters. The summed E-state index contributed by atoms with van der Waals surface area (Å²) in [5.74, 6) is -0.0818. The Labute approximate surface area is 233 Å². The number of likely N-dealkylation sites (tertiary alicyclic amines) is 1. The average molecular weight is 551 g/mol. The first-order valence-corrected chi connectivity index (χ1v) is 13.2. The molecule has 1 N–H and O–H groups in total. The maximum atomic E-state index is 12.5. The van der Waals surface area contributed by atoms with Gasteiger partial charge in [-0.3, -0.25) is 9.59 Å². The molecule has 8 nitrogen and oxygen atoms in total. The summed E-state index contributed by atoms with van der Waals surface area (Å²) in [6, 6.07) is 25.5.